The van der Waals surface area contributed by atoms with Gasteiger partial charge in [-0.3, -0.25) is 4.90 Å². The monoisotopic (exact) mass is 334 g/mol. The summed E-state index contributed by atoms with van der Waals surface area (Å²) in [6.45, 7) is 6.71. The highest BCUT2D eigenvalue weighted by Gasteiger charge is 2.23. The molecule has 2 rings (SSSR count). The van der Waals surface area contributed by atoms with E-state index >= 15 is 0 Å². The number of carbonyl (C=O) groups is 1. The van der Waals surface area contributed by atoms with Gasteiger partial charge in [-0.2, -0.15) is 0 Å². The minimum Gasteiger partial charge on any atom is -0.394 e. The van der Waals surface area contributed by atoms with Crippen LogP contribution in [0.4, 0.5) is 4.79 Å². The molecule has 1 heterocycles. The van der Waals surface area contributed by atoms with Gasteiger partial charge in [0.1, 0.15) is 0 Å². The van der Waals surface area contributed by atoms with Gasteiger partial charge in [-0.15, -0.1) is 0 Å². The highest BCUT2D eigenvalue weighted by Crippen LogP contribution is 2.16. The third kappa shape index (κ3) is 5.19. The molecule has 0 saturated carbocycles. The summed E-state index contributed by atoms with van der Waals surface area (Å²) in [4.78, 5) is 18.8. The van der Waals surface area contributed by atoms with Gasteiger partial charge in [-0.1, -0.05) is 30.3 Å². The van der Waals surface area contributed by atoms with Crippen LogP contribution in [0, 0.1) is 0 Å². The molecule has 1 fully saturated rings. The molecule has 2 atom stereocenters. The fourth-order valence-electron chi connectivity index (χ4n) is 2.78. The number of piperazine rings is 1. The van der Waals surface area contributed by atoms with Crippen LogP contribution in [0.15, 0.2) is 30.3 Å². The van der Waals surface area contributed by atoms with Gasteiger partial charge in [0.15, 0.2) is 0 Å². The predicted molar refractivity (Wildman–Crippen MR) is 96.0 cm³/mol. The second-order valence-corrected chi connectivity index (χ2v) is 6.66. The average Bonchev–Trinajstić information content (AvgIpc) is 2.62. The van der Waals surface area contributed by atoms with Crippen LogP contribution in [0.5, 0.6) is 0 Å². The molecule has 1 saturated heterocycles. The van der Waals surface area contributed by atoms with E-state index in [2.05, 4.69) is 34.3 Å². The van der Waals surface area contributed by atoms with E-state index in [0.29, 0.717) is 0 Å². The first-order valence-corrected chi connectivity index (χ1v) is 8.61. The molecule has 0 radical (unpaired) electrons. The van der Waals surface area contributed by atoms with E-state index in [-0.39, 0.29) is 24.7 Å². The summed E-state index contributed by atoms with van der Waals surface area (Å²) in [5.74, 6) is 0. The number of nitrogens with zero attached hydrogens (tertiary/aromatic N) is 3. The number of aliphatic hydroxyl groups is 1. The highest BCUT2D eigenvalue weighted by atomic mass is 16.3. The first-order valence-electron chi connectivity index (χ1n) is 8.61. The molecule has 1 aromatic rings. The Bertz CT molecular complexity index is 503. The van der Waals surface area contributed by atoms with Gasteiger partial charge < -0.3 is 20.2 Å². The van der Waals surface area contributed by atoms with Crippen molar-refractivity contribution in [2.24, 2.45) is 0 Å². The van der Waals surface area contributed by atoms with Gasteiger partial charge in [0.25, 0.3) is 0 Å². The van der Waals surface area contributed by atoms with E-state index < -0.39 is 0 Å². The number of hydrogen-bond acceptors (Lipinski definition) is 4. The Kier molecular flexibility index (Phi) is 7.02. The van der Waals surface area contributed by atoms with Crippen LogP contribution < -0.4 is 5.32 Å². The number of benzene rings is 1. The maximum absolute atomic E-state index is 12.5. The topological polar surface area (TPSA) is 59.1 Å². The van der Waals surface area contributed by atoms with Gasteiger partial charge in [-0.05, 0) is 19.5 Å². The van der Waals surface area contributed by atoms with Crippen molar-refractivity contribution in [3.8, 4) is 0 Å². The minimum absolute atomic E-state index is 0.0433. The van der Waals surface area contributed by atoms with Gasteiger partial charge in [0, 0.05) is 39.8 Å². The number of rotatable bonds is 6. The lowest BCUT2D eigenvalue weighted by Gasteiger charge is -2.35. The fraction of sp³-hybridized carbons (Fsp3) is 0.611. The van der Waals surface area contributed by atoms with E-state index in [1.165, 1.54) is 0 Å². The van der Waals surface area contributed by atoms with E-state index in [0.717, 1.165) is 38.3 Å². The summed E-state index contributed by atoms with van der Waals surface area (Å²) in [6.07, 6.45) is 0. The van der Waals surface area contributed by atoms with Crippen molar-refractivity contribution in [2.75, 3.05) is 53.4 Å². The zero-order chi connectivity index (χ0) is 17.5. The lowest BCUT2D eigenvalue weighted by molar-refractivity contribution is 0.133. The van der Waals surface area contributed by atoms with Crippen molar-refractivity contribution < 1.29 is 9.90 Å². The zero-order valence-corrected chi connectivity index (χ0v) is 15.0. The van der Waals surface area contributed by atoms with Crippen molar-refractivity contribution >= 4 is 6.03 Å². The number of nitrogens with one attached hydrogen (secondary N) is 1. The summed E-state index contributed by atoms with van der Waals surface area (Å²) in [6, 6.07) is 9.67. The molecule has 24 heavy (non-hydrogen) atoms. The van der Waals surface area contributed by atoms with E-state index in [4.69, 9.17) is 0 Å². The van der Waals surface area contributed by atoms with Crippen molar-refractivity contribution in [1.29, 1.82) is 0 Å². The Morgan fingerprint density at radius 3 is 2.46 bits per heavy atom. The Labute approximate surface area is 145 Å². The summed E-state index contributed by atoms with van der Waals surface area (Å²) in [5, 5.41) is 12.4. The Morgan fingerprint density at radius 1 is 1.25 bits per heavy atom. The summed E-state index contributed by atoms with van der Waals surface area (Å²) in [5.41, 5.74) is 1.11. The molecular formula is C18H30N4O2. The number of carbonyl (C=O) groups excluding carboxylic acids is 1. The molecule has 0 aliphatic carbocycles. The lowest BCUT2D eigenvalue weighted by Crippen LogP contribution is -2.50. The maximum atomic E-state index is 12.5. The minimum atomic E-state index is -0.204. The molecule has 1 aromatic carbocycles. The van der Waals surface area contributed by atoms with E-state index in [1.807, 2.05) is 25.1 Å². The summed E-state index contributed by atoms with van der Waals surface area (Å²) in [7, 11) is 3.85. The third-order valence-corrected chi connectivity index (χ3v) is 4.78. The molecule has 1 aliphatic heterocycles. The summed E-state index contributed by atoms with van der Waals surface area (Å²) < 4.78 is 0. The van der Waals surface area contributed by atoms with Crippen molar-refractivity contribution in [3.05, 3.63) is 35.9 Å². The highest BCUT2D eigenvalue weighted by molar-refractivity contribution is 5.74. The van der Waals surface area contributed by atoms with Gasteiger partial charge in [0.05, 0.1) is 18.7 Å². The van der Waals surface area contributed by atoms with Crippen LogP contribution in [0.2, 0.25) is 0 Å². The second kappa shape index (κ2) is 9.01. The van der Waals surface area contributed by atoms with Crippen LogP contribution >= 0.6 is 0 Å². The maximum Gasteiger partial charge on any atom is 0.317 e. The quantitative estimate of drug-likeness (QED) is 0.815. The number of urea groups is 1. The predicted octanol–water partition coefficient (Wildman–Crippen LogP) is 0.997. The molecule has 6 nitrogen and oxygen atoms in total. The molecule has 2 N–H and O–H groups in total. The number of aliphatic hydroxyl groups excluding tert-OH is 1. The molecule has 1 aliphatic rings. The standard InChI is InChI=1S/C18H30N4O2/c1-15(14-23)21(3)18(24)19-17(16-7-5-4-6-8-16)13-22-11-9-20(2)10-12-22/h4-8,15,17,23H,9-14H2,1-3H3,(H,19,24). The smallest absolute Gasteiger partial charge is 0.317 e. The van der Waals surface area contributed by atoms with Crippen LogP contribution in [-0.4, -0.2) is 85.3 Å². The van der Waals surface area contributed by atoms with Crippen molar-refractivity contribution in [1.82, 2.24) is 20.0 Å². The molecule has 0 spiro atoms. The zero-order valence-electron chi connectivity index (χ0n) is 15.0. The molecule has 2 unspecified atom stereocenters. The van der Waals surface area contributed by atoms with Crippen LogP contribution in [-0.2, 0) is 0 Å². The van der Waals surface area contributed by atoms with Crippen molar-refractivity contribution in [2.45, 2.75) is 19.0 Å². The third-order valence-electron chi connectivity index (χ3n) is 4.78. The average molecular weight is 334 g/mol. The van der Waals surface area contributed by atoms with E-state index in [9.17, 15) is 9.90 Å². The van der Waals surface area contributed by atoms with Crippen LogP contribution in [0.3, 0.4) is 0 Å². The van der Waals surface area contributed by atoms with Gasteiger partial charge >= 0.3 is 6.03 Å². The Balaban J connectivity index is 2.04. The molecule has 0 bridgehead atoms. The summed E-state index contributed by atoms with van der Waals surface area (Å²) >= 11 is 0. The van der Waals surface area contributed by atoms with Gasteiger partial charge in [-0.25, -0.2) is 4.79 Å². The Hall–Kier alpha value is -1.63. The first kappa shape index (κ1) is 18.7. The molecular weight excluding hydrogens is 304 g/mol. The second-order valence-electron chi connectivity index (χ2n) is 6.66. The van der Waals surface area contributed by atoms with Crippen LogP contribution in [0.1, 0.15) is 18.5 Å². The molecule has 0 aromatic heterocycles. The van der Waals surface area contributed by atoms with Crippen LogP contribution in [0.25, 0.3) is 0 Å². The number of amides is 2. The number of likely N-dealkylation sites (N-methyl/N-ethyl adjacent to an activating group) is 2. The van der Waals surface area contributed by atoms with Crippen molar-refractivity contribution in [3.63, 3.8) is 0 Å². The normalized spacial score (nSPS) is 18.8. The fourth-order valence-corrected chi connectivity index (χ4v) is 2.78. The molecule has 134 valence electrons. The Morgan fingerprint density at radius 2 is 1.88 bits per heavy atom. The lowest BCUT2D eigenvalue weighted by atomic mass is 10.1. The first-order chi connectivity index (χ1) is 11.5. The SMILES string of the molecule is CC(CO)N(C)C(=O)NC(CN1CCN(C)CC1)c1ccccc1. The largest absolute Gasteiger partial charge is 0.394 e. The molecule has 6 heteroatoms. The number of hydrogen-bond donors (Lipinski definition) is 2. The van der Waals surface area contributed by atoms with Gasteiger partial charge in [0.2, 0.25) is 0 Å². The molecule has 2 amide bonds. The van der Waals surface area contributed by atoms with E-state index in [1.54, 1.807) is 11.9 Å².